The lowest BCUT2D eigenvalue weighted by molar-refractivity contribution is -0.137. The molecule has 0 bridgehead atoms. The smallest absolute Gasteiger partial charge is 0.400 e. The van der Waals surface area contributed by atoms with Crippen LogP contribution in [0.5, 0.6) is 0 Å². The van der Waals surface area contributed by atoms with E-state index in [-0.39, 0.29) is 21.6 Å². The van der Waals surface area contributed by atoms with Crippen molar-refractivity contribution in [3.63, 3.8) is 0 Å². The highest BCUT2D eigenvalue weighted by molar-refractivity contribution is 8.13. The molecule has 0 N–H and O–H groups in total. The number of thioether (sulfide) groups is 1. The molecule has 1 aliphatic rings. The van der Waals surface area contributed by atoms with Crippen LogP contribution in [-0.4, -0.2) is 34.2 Å². The number of nitrogens with zero attached hydrogens (tertiary/aromatic N) is 1. The van der Waals surface area contributed by atoms with Gasteiger partial charge < -0.3 is 9.31 Å². The molecule has 1 fully saturated rings. The fourth-order valence-electron chi connectivity index (χ4n) is 2.24. The number of hydrogen-bond acceptors (Lipinski definition) is 5. The molecule has 2 rings (SSSR count). The maximum atomic E-state index is 12.8. The fourth-order valence-corrected chi connectivity index (χ4v) is 3.05. The highest BCUT2D eigenvalue weighted by atomic mass is 35.5. The van der Waals surface area contributed by atoms with Crippen LogP contribution in [0.3, 0.4) is 0 Å². The van der Waals surface area contributed by atoms with Gasteiger partial charge in [0.1, 0.15) is 0 Å². The molecule has 1 aromatic rings. The van der Waals surface area contributed by atoms with Gasteiger partial charge in [-0.3, -0.25) is 9.78 Å². The van der Waals surface area contributed by atoms with E-state index in [0.717, 1.165) is 24.0 Å². The summed E-state index contributed by atoms with van der Waals surface area (Å²) >= 11 is 7.04. The second kappa shape index (κ2) is 7.77. The third-order valence-electron chi connectivity index (χ3n) is 4.52. The SMILES string of the molecule is CC(=O)SCC(=Cc1ncc(C(F)(F)F)cc1Cl)B1OC(C)(C)C(C)(C)O1. The van der Waals surface area contributed by atoms with Gasteiger partial charge in [0.25, 0.3) is 0 Å². The van der Waals surface area contributed by atoms with E-state index in [4.69, 9.17) is 20.9 Å². The standard InChI is InChI=1S/C17H20BClF3NO3S/c1-10(24)27-9-12(18-25-15(2,3)16(4,5)26-18)7-14-13(19)6-11(8-23-14)17(20,21)22/h6-8H,9H2,1-5H3. The third kappa shape index (κ3) is 5.28. The van der Waals surface area contributed by atoms with Crippen molar-refractivity contribution >= 4 is 41.7 Å². The average molecular weight is 422 g/mol. The molecule has 1 aromatic heterocycles. The lowest BCUT2D eigenvalue weighted by atomic mass is 9.78. The summed E-state index contributed by atoms with van der Waals surface area (Å²) in [6, 6.07) is 0.820. The van der Waals surface area contributed by atoms with Crippen molar-refractivity contribution in [2.24, 2.45) is 0 Å². The van der Waals surface area contributed by atoms with Crippen LogP contribution < -0.4 is 0 Å². The van der Waals surface area contributed by atoms with Gasteiger partial charge in [-0.2, -0.15) is 13.2 Å². The van der Waals surface area contributed by atoms with Crippen molar-refractivity contribution < 1.29 is 27.3 Å². The Kier molecular flexibility index (Phi) is 6.41. The van der Waals surface area contributed by atoms with Crippen LogP contribution >= 0.6 is 23.4 Å². The number of halogens is 4. The van der Waals surface area contributed by atoms with Crippen LogP contribution in [-0.2, 0) is 20.3 Å². The molecular weight excluding hydrogens is 402 g/mol. The Balaban J connectivity index is 2.39. The minimum atomic E-state index is -4.53. The van der Waals surface area contributed by atoms with Crippen LogP contribution in [0.25, 0.3) is 6.08 Å². The zero-order valence-corrected chi connectivity index (χ0v) is 17.2. The van der Waals surface area contributed by atoms with E-state index in [1.807, 2.05) is 27.7 Å². The molecule has 0 amide bonds. The number of aromatic nitrogens is 1. The number of rotatable bonds is 4. The van der Waals surface area contributed by atoms with Gasteiger partial charge in [-0.25, -0.2) is 0 Å². The fraction of sp³-hybridized carbons (Fsp3) is 0.529. The Morgan fingerprint density at radius 2 is 1.85 bits per heavy atom. The summed E-state index contributed by atoms with van der Waals surface area (Å²) in [6.07, 6.45) is -2.30. The number of carbonyl (C=O) groups excluding carboxylic acids is 1. The van der Waals surface area contributed by atoms with Gasteiger partial charge in [0.2, 0.25) is 0 Å². The molecule has 0 aromatic carbocycles. The molecule has 148 valence electrons. The molecule has 0 radical (unpaired) electrons. The Bertz CT molecular complexity index is 752. The summed E-state index contributed by atoms with van der Waals surface area (Å²) < 4.78 is 50.3. The summed E-state index contributed by atoms with van der Waals surface area (Å²) in [7, 11) is -0.762. The molecule has 1 aliphatic heterocycles. The van der Waals surface area contributed by atoms with Crippen molar-refractivity contribution in [3.05, 3.63) is 34.0 Å². The average Bonchev–Trinajstić information content (AvgIpc) is 2.71. The zero-order valence-electron chi connectivity index (χ0n) is 15.6. The van der Waals surface area contributed by atoms with Gasteiger partial charge in [-0.05, 0) is 45.3 Å². The van der Waals surface area contributed by atoms with E-state index in [2.05, 4.69) is 4.98 Å². The Morgan fingerprint density at radius 1 is 1.30 bits per heavy atom. The predicted molar refractivity (Wildman–Crippen MR) is 101 cm³/mol. The Labute approximate surface area is 166 Å². The third-order valence-corrected chi connectivity index (χ3v) is 5.70. The molecular formula is C17H20BClF3NO3S. The van der Waals surface area contributed by atoms with Crippen molar-refractivity contribution in [2.75, 3.05) is 5.75 Å². The quantitative estimate of drug-likeness (QED) is 0.637. The minimum Gasteiger partial charge on any atom is -0.400 e. The van der Waals surface area contributed by atoms with Crippen LogP contribution in [0.4, 0.5) is 13.2 Å². The van der Waals surface area contributed by atoms with Crippen molar-refractivity contribution in [1.29, 1.82) is 0 Å². The lowest BCUT2D eigenvalue weighted by Crippen LogP contribution is -2.41. The number of alkyl halides is 3. The van der Waals surface area contributed by atoms with Crippen LogP contribution in [0.1, 0.15) is 45.9 Å². The maximum absolute atomic E-state index is 12.8. The molecule has 2 heterocycles. The number of pyridine rings is 1. The first-order chi connectivity index (χ1) is 12.2. The summed E-state index contributed by atoms with van der Waals surface area (Å²) in [4.78, 5) is 15.2. The minimum absolute atomic E-state index is 0.108. The Hall–Kier alpha value is -1.03. The van der Waals surface area contributed by atoms with E-state index in [1.54, 1.807) is 0 Å². The van der Waals surface area contributed by atoms with Crippen molar-refractivity contribution in [3.8, 4) is 0 Å². The van der Waals surface area contributed by atoms with Gasteiger partial charge in [-0.1, -0.05) is 23.4 Å². The summed E-state index contributed by atoms with van der Waals surface area (Å²) in [5.41, 5.74) is -1.43. The van der Waals surface area contributed by atoms with Crippen LogP contribution in [0.15, 0.2) is 17.7 Å². The second-order valence-electron chi connectivity index (χ2n) is 7.18. The zero-order chi connectivity index (χ0) is 20.6. The monoisotopic (exact) mass is 421 g/mol. The Morgan fingerprint density at radius 3 is 2.30 bits per heavy atom. The molecule has 4 nitrogen and oxygen atoms in total. The summed E-state index contributed by atoms with van der Waals surface area (Å²) in [5.74, 6) is 0.241. The molecule has 0 saturated carbocycles. The van der Waals surface area contributed by atoms with E-state index in [0.29, 0.717) is 5.47 Å². The van der Waals surface area contributed by atoms with Gasteiger partial charge in [-0.15, -0.1) is 0 Å². The highest BCUT2D eigenvalue weighted by Gasteiger charge is 2.52. The van der Waals surface area contributed by atoms with E-state index >= 15 is 0 Å². The number of hydrogen-bond donors (Lipinski definition) is 0. The molecule has 0 unspecified atom stereocenters. The second-order valence-corrected chi connectivity index (χ2v) is 8.74. The van der Waals surface area contributed by atoms with E-state index < -0.39 is 30.1 Å². The molecule has 0 aliphatic carbocycles. The van der Waals surface area contributed by atoms with Crippen molar-refractivity contribution in [2.45, 2.75) is 52.0 Å². The highest BCUT2D eigenvalue weighted by Crippen LogP contribution is 2.40. The van der Waals surface area contributed by atoms with Gasteiger partial charge in [0.15, 0.2) is 5.12 Å². The first-order valence-corrected chi connectivity index (χ1v) is 9.51. The topological polar surface area (TPSA) is 48.4 Å². The largest absolute Gasteiger partial charge is 0.491 e. The van der Waals surface area contributed by atoms with Gasteiger partial charge in [0.05, 0.1) is 27.5 Å². The first-order valence-electron chi connectivity index (χ1n) is 8.15. The van der Waals surface area contributed by atoms with E-state index in [9.17, 15) is 18.0 Å². The molecule has 0 spiro atoms. The van der Waals surface area contributed by atoms with Crippen molar-refractivity contribution in [1.82, 2.24) is 4.98 Å². The number of carbonyl (C=O) groups is 1. The van der Waals surface area contributed by atoms with Gasteiger partial charge >= 0.3 is 13.3 Å². The molecule has 0 atom stereocenters. The van der Waals surface area contributed by atoms with E-state index in [1.165, 1.54) is 13.0 Å². The normalized spacial score (nSPS) is 19.4. The first kappa shape index (κ1) is 22.3. The molecule has 27 heavy (non-hydrogen) atoms. The van der Waals surface area contributed by atoms with Crippen LogP contribution in [0.2, 0.25) is 5.02 Å². The summed E-state index contributed by atoms with van der Waals surface area (Å²) in [5, 5.41) is -0.254. The maximum Gasteiger partial charge on any atom is 0.491 e. The summed E-state index contributed by atoms with van der Waals surface area (Å²) in [6.45, 7) is 8.95. The van der Waals surface area contributed by atoms with Crippen LogP contribution in [0, 0.1) is 0 Å². The molecule has 10 heteroatoms. The molecule has 1 saturated heterocycles. The lowest BCUT2D eigenvalue weighted by Gasteiger charge is -2.32. The predicted octanol–water partition coefficient (Wildman–Crippen LogP) is 5.05. The van der Waals surface area contributed by atoms with Gasteiger partial charge in [0, 0.05) is 18.9 Å².